The molecule has 0 spiro atoms. The molecule has 2 aromatic rings. The first kappa shape index (κ1) is 31.9. The van der Waals surface area contributed by atoms with Gasteiger partial charge in [-0.15, -0.1) is 6.42 Å². The number of primary amides is 1. The second kappa shape index (κ2) is 13.2. The Kier molecular flexibility index (Phi) is 10.5. The zero-order valence-electron chi connectivity index (χ0n) is 24.3. The number of terminal acetylenes is 1. The van der Waals surface area contributed by atoms with Gasteiger partial charge in [0.25, 0.3) is 5.91 Å². The van der Waals surface area contributed by atoms with Crippen LogP contribution in [0.2, 0.25) is 0 Å². The average molecular weight is 549 g/mol. The molecule has 9 heteroatoms. The number of aryl methyl sites for hydroxylation is 1. The number of para-hydroxylation sites is 1. The fraction of sp³-hybridized carbons (Fsp3) is 0.419. The van der Waals surface area contributed by atoms with Crippen LogP contribution in [0.3, 0.4) is 0 Å². The minimum atomic E-state index is -1.21. The first-order valence-corrected chi connectivity index (χ1v) is 13.1. The molecule has 2 aromatic carbocycles. The molecule has 2 atom stereocenters. The fourth-order valence-electron chi connectivity index (χ4n) is 4.19. The third kappa shape index (κ3) is 8.87. The molecule has 0 saturated heterocycles. The molecule has 0 aliphatic carbocycles. The average Bonchev–Trinajstić information content (AvgIpc) is 2.84. The number of hydrogen-bond acceptors (Lipinski definition) is 5. The maximum Gasteiger partial charge on any atom is 0.408 e. The first-order valence-electron chi connectivity index (χ1n) is 13.1. The minimum absolute atomic E-state index is 0.0943. The number of nitrogens with two attached hydrogens (primary N) is 1. The number of nitrogens with one attached hydrogen (secondary N) is 2. The van der Waals surface area contributed by atoms with Crippen LogP contribution >= 0.6 is 0 Å². The zero-order chi connectivity index (χ0) is 30.3. The van der Waals surface area contributed by atoms with Crippen molar-refractivity contribution in [2.24, 2.45) is 5.73 Å². The molecular formula is C31H40N4O5. The molecule has 0 fully saturated rings. The Bertz CT molecular complexity index is 1280. The SMILES string of the molecule is C#Cc1ccccc1C(C(=O)Nc1ccccc1C)N(C(=O)C(CCC(N)=O)NC(=O)OC(C)(C)C)C(C)(C)C. The molecule has 2 unspecified atom stereocenters. The van der Waals surface area contributed by atoms with E-state index in [-0.39, 0.29) is 12.8 Å². The highest BCUT2D eigenvalue weighted by Gasteiger charge is 2.42. The van der Waals surface area contributed by atoms with Gasteiger partial charge in [0.1, 0.15) is 17.7 Å². The van der Waals surface area contributed by atoms with Crippen molar-refractivity contribution in [2.75, 3.05) is 5.32 Å². The third-order valence-corrected chi connectivity index (χ3v) is 5.95. The van der Waals surface area contributed by atoms with Gasteiger partial charge in [-0.2, -0.15) is 0 Å². The topological polar surface area (TPSA) is 131 Å². The summed E-state index contributed by atoms with van der Waals surface area (Å²) in [6.45, 7) is 12.3. The van der Waals surface area contributed by atoms with E-state index >= 15 is 0 Å². The van der Waals surface area contributed by atoms with Crippen LogP contribution in [-0.2, 0) is 19.1 Å². The number of carbonyl (C=O) groups excluding carboxylic acids is 4. The highest BCUT2D eigenvalue weighted by molar-refractivity contribution is 6.00. The molecule has 2 rings (SSSR count). The van der Waals surface area contributed by atoms with Crippen molar-refractivity contribution in [3.63, 3.8) is 0 Å². The number of alkyl carbamates (subject to hydrolysis) is 1. The standard InChI is InChI=1S/C31H40N4O5/c1-9-21-15-11-12-16-22(21)26(27(37)33-23-17-13-10-14-20(23)2)35(30(3,4)5)28(38)24(18-19-25(32)36)34-29(39)40-31(6,7)8/h1,10-17,24,26H,18-19H2,2-8H3,(H2,32,36)(H,33,37)(H,34,39). The number of benzene rings is 2. The lowest BCUT2D eigenvalue weighted by Gasteiger charge is -2.43. The van der Waals surface area contributed by atoms with Crippen LogP contribution in [0.4, 0.5) is 10.5 Å². The highest BCUT2D eigenvalue weighted by atomic mass is 16.6. The minimum Gasteiger partial charge on any atom is -0.444 e. The van der Waals surface area contributed by atoms with E-state index < -0.39 is 47.0 Å². The summed E-state index contributed by atoms with van der Waals surface area (Å²) in [5.41, 5.74) is 5.89. The van der Waals surface area contributed by atoms with Gasteiger partial charge in [-0.3, -0.25) is 14.4 Å². The summed E-state index contributed by atoms with van der Waals surface area (Å²) in [4.78, 5) is 54.1. The summed E-state index contributed by atoms with van der Waals surface area (Å²) in [5.74, 6) is 0.874. The molecule has 0 aromatic heterocycles. The molecule has 0 bridgehead atoms. The van der Waals surface area contributed by atoms with Crippen LogP contribution in [0.5, 0.6) is 0 Å². The Morgan fingerprint density at radius 3 is 2.15 bits per heavy atom. The second-order valence-electron chi connectivity index (χ2n) is 11.5. The van der Waals surface area contributed by atoms with Crippen molar-refractivity contribution < 1.29 is 23.9 Å². The quantitative estimate of drug-likeness (QED) is 0.399. The number of ether oxygens (including phenoxy) is 1. The maximum atomic E-state index is 14.3. The van der Waals surface area contributed by atoms with E-state index in [0.717, 1.165) is 5.56 Å². The maximum absolute atomic E-state index is 14.3. The lowest BCUT2D eigenvalue weighted by molar-refractivity contribution is -0.147. The van der Waals surface area contributed by atoms with Gasteiger partial charge < -0.3 is 26.0 Å². The molecular weight excluding hydrogens is 508 g/mol. The number of hydrogen-bond donors (Lipinski definition) is 3. The van der Waals surface area contributed by atoms with Crippen molar-refractivity contribution in [1.82, 2.24) is 10.2 Å². The highest BCUT2D eigenvalue weighted by Crippen LogP contribution is 2.33. The van der Waals surface area contributed by atoms with Gasteiger partial charge >= 0.3 is 6.09 Å². The second-order valence-corrected chi connectivity index (χ2v) is 11.5. The molecule has 4 amide bonds. The number of carbonyl (C=O) groups is 4. The lowest BCUT2D eigenvalue weighted by atomic mass is 9.92. The molecule has 0 aliphatic rings. The summed E-state index contributed by atoms with van der Waals surface area (Å²) in [6.07, 6.45) is 4.70. The van der Waals surface area contributed by atoms with Gasteiger partial charge in [0.15, 0.2) is 0 Å². The molecule has 4 N–H and O–H groups in total. The van der Waals surface area contributed by atoms with Crippen LogP contribution in [0.25, 0.3) is 0 Å². The van der Waals surface area contributed by atoms with E-state index in [2.05, 4.69) is 16.6 Å². The molecule has 0 aliphatic heterocycles. The summed E-state index contributed by atoms with van der Waals surface area (Å²) in [5, 5.41) is 5.52. The van der Waals surface area contributed by atoms with Crippen LogP contribution in [0.15, 0.2) is 48.5 Å². The largest absolute Gasteiger partial charge is 0.444 e. The van der Waals surface area contributed by atoms with Crippen molar-refractivity contribution in [3.05, 3.63) is 65.2 Å². The lowest BCUT2D eigenvalue weighted by Crippen LogP contribution is -2.58. The van der Waals surface area contributed by atoms with Crippen molar-refractivity contribution in [3.8, 4) is 12.3 Å². The molecule has 9 nitrogen and oxygen atoms in total. The molecule has 214 valence electrons. The number of amides is 4. The van der Waals surface area contributed by atoms with E-state index in [9.17, 15) is 19.2 Å². The Balaban J connectivity index is 2.67. The number of anilines is 1. The monoisotopic (exact) mass is 548 g/mol. The normalized spacial score (nSPS) is 12.8. The molecule has 40 heavy (non-hydrogen) atoms. The molecule has 0 saturated carbocycles. The van der Waals surface area contributed by atoms with Gasteiger partial charge in [-0.25, -0.2) is 4.79 Å². The predicted molar refractivity (Wildman–Crippen MR) is 155 cm³/mol. The van der Waals surface area contributed by atoms with Gasteiger partial charge in [-0.05, 0) is 78.1 Å². The van der Waals surface area contributed by atoms with Crippen molar-refractivity contribution in [2.45, 2.75) is 84.5 Å². The third-order valence-electron chi connectivity index (χ3n) is 5.95. The van der Waals surface area contributed by atoms with E-state index in [1.165, 1.54) is 4.90 Å². The molecule has 0 radical (unpaired) electrons. The van der Waals surface area contributed by atoms with Gasteiger partial charge in [0.2, 0.25) is 11.8 Å². The number of nitrogens with zero attached hydrogens (tertiary/aromatic N) is 1. The van der Waals surface area contributed by atoms with Gasteiger partial charge in [-0.1, -0.05) is 42.3 Å². The van der Waals surface area contributed by atoms with Gasteiger partial charge in [0, 0.05) is 23.2 Å². The Morgan fingerprint density at radius 2 is 1.60 bits per heavy atom. The smallest absolute Gasteiger partial charge is 0.408 e. The van der Waals surface area contributed by atoms with Crippen LogP contribution in [-0.4, -0.2) is 45.9 Å². The van der Waals surface area contributed by atoms with Crippen molar-refractivity contribution in [1.29, 1.82) is 0 Å². The zero-order valence-corrected chi connectivity index (χ0v) is 24.3. The van der Waals surface area contributed by atoms with Crippen LogP contribution in [0.1, 0.15) is 77.1 Å². The Morgan fingerprint density at radius 1 is 1.00 bits per heavy atom. The first-order chi connectivity index (χ1) is 18.5. The van der Waals surface area contributed by atoms with E-state index in [1.807, 2.05) is 19.1 Å². The Labute approximate surface area is 236 Å². The van der Waals surface area contributed by atoms with Crippen LogP contribution in [0, 0.1) is 19.3 Å². The van der Waals surface area contributed by atoms with E-state index in [1.54, 1.807) is 77.9 Å². The number of rotatable bonds is 9. The van der Waals surface area contributed by atoms with E-state index in [0.29, 0.717) is 16.8 Å². The molecule has 0 heterocycles. The summed E-state index contributed by atoms with van der Waals surface area (Å²) in [6, 6.07) is 11.7. The Hall–Kier alpha value is -4.32. The predicted octanol–water partition coefficient (Wildman–Crippen LogP) is 4.44. The fourth-order valence-corrected chi connectivity index (χ4v) is 4.19. The van der Waals surface area contributed by atoms with Crippen LogP contribution < -0.4 is 16.4 Å². The summed E-state index contributed by atoms with van der Waals surface area (Å²) >= 11 is 0. The summed E-state index contributed by atoms with van der Waals surface area (Å²) < 4.78 is 5.37. The summed E-state index contributed by atoms with van der Waals surface area (Å²) in [7, 11) is 0. The van der Waals surface area contributed by atoms with Crippen molar-refractivity contribution >= 4 is 29.5 Å². The van der Waals surface area contributed by atoms with E-state index in [4.69, 9.17) is 16.9 Å². The van der Waals surface area contributed by atoms with Gasteiger partial charge in [0.05, 0.1) is 0 Å².